The Morgan fingerprint density at radius 2 is 1.50 bits per heavy atom. The molecule has 0 radical (unpaired) electrons. The largest absolute Gasteiger partial charge is 0.385 e. The maximum atomic E-state index is 10.3. The van der Waals surface area contributed by atoms with Crippen LogP contribution in [0.15, 0.2) is 18.2 Å². The summed E-state index contributed by atoms with van der Waals surface area (Å²) in [6.45, 7) is 10.1. The Balaban J connectivity index is 3.18. The van der Waals surface area contributed by atoms with Gasteiger partial charge in [0.15, 0.2) is 0 Å². The second-order valence-electron chi connectivity index (χ2n) is 4.68. The van der Waals surface area contributed by atoms with Crippen molar-refractivity contribution in [1.82, 2.24) is 0 Å². The van der Waals surface area contributed by atoms with Gasteiger partial charge in [-0.15, -0.1) is 0 Å². The average molecular weight is 192 g/mol. The zero-order valence-corrected chi connectivity index (χ0v) is 9.76. The Morgan fingerprint density at radius 1 is 1.07 bits per heavy atom. The first-order valence-corrected chi connectivity index (χ1v) is 5.15. The van der Waals surface area contributed by atoms with Gasteiger partial charge >= 0.3 is 0 Å². The standard InChI is InChI=1S/C13H20O/c1-9(2)13(5,14)12-7-10(3)6-11(4)8-12/h6-9,14H,1-5H3/t13-/m0/s1. The normalized spacial score (nSPS) is 15.6. The van der Waals surface area contributed by atoms with E-state index in [0.29, 0.717) is 0 Å². The molecule has 0 heterocycles. The lowest BCUT2D eigenvalue weighted by molar-refractivity contribution is 0.00895. The molecule has 0 amide bonds. The molecule has 0 saturated heterocycles. The van der Waals surface area contributed by atoms with Gasteiger partial charge in [-0.25, -0.2) is 0 Å². The van der Waals surface area contributed by atoms with E-state index in [1.165, 1.54) is 11.1 Å². The second-order valence-corrected chi connectivity index (χ2v) is 4.68. The van der Waals surface area contributed by atoms with Crippen LogP contribution in [0.2, 0.25) is 0 Å². The molecule has 0 unspecified atom stereocenters. The quantitative estimate of drug-likeness (QED) is 0.763. The number of hydrogen-bond donors (Lipinski definition) is 1. The molecular weight excluding hydrogens is 172 g/mol. The third-order valence-corrected chi connectivity index (χ3v) is 2.93. The first kappa shape index (κ1) is 11.3. The third-order valence-electron chi connectivity index (χ3n) is 2.93. The Kier molecular flexibility index (Phi) is 3.01. The Bertz CT molecular complexity index is 304. The van der Waals surface area contributed by atoms with Gasteiger partial charge in [-0.3, -0.25) is 0 Å². The summed E-state index contributed by atoms with van der Waals surface area (Å²) in [5.74, 6) is 0.226. The average Bonchev–Trinajstić information content (AvgIpc) is 2.01. The van der Waals surface area contributed by atoms with Crippen molar-refractivity contribution in [3.8, 4) is 0 Å². The van der Waals surface area contributed by atoms with Crippen LogP contribution in [0.3, 0.4) is 0 Å². The van der Waals surface area contributed by atoms with Gasteiger partial charge in [0.1, 0.15) is 0 Å². The molecule has 0 aliphatic rings. The fourth-order valence-electron chi connectivity index (χ4n) is 1.60. The molecule has 78 valence electrons. The lowest BCUT2D eigenvalue weighted by atomic mass is 9.84. The van der Waals surface area contributed by atoms with Gasteiger partial charge in [0.2, 0.25) is 0 Å². The number of benzene rings is 1. The first-order chi connectivity index (χ1) is 6.34. The molecule has 1 heteroatoms. The molecule has 1 rings (SSSR count). The van der Waals surface area contributed by atoms with Crippen LogP contribution in [0, 0.1) is 19.8 Å². The number of hydrogen-bond acceptors (Lipinski definition) is 1. The van der Waals surface area contributed by atoms with Crippen LogP contribution >= 0.6 is 0 Å². The van der Waals surface area contributed by atoms with Crippen LogP contribution < -0.4 is 0 Å². The summed E-state index contributed by atoms with van der Waals surface area (Å²) in [5.41, 5.74) is 2.71. The molecule has 0 saturated carbocycles. The number of aryl methyl sites for hydroxylation is 2. The minimum atomic E-state index is -0.725. The lowest BCUT2D eigenvalue weighted by Crippen LogP contribution is -2.28. The summed E-state index contributed by atoms with van der Waals surface area (Å²) in [6, 6.07) is 6.25. The van der Waals surface area contributed by atoms with Crippen LogP contribution in [0.4, 0.5) is 0 Å². The lowest BCUT2D eigenvalue weighted by Gasteiger charge is -2.29. The summed E-state index contributed by atoms with van der Waals surface area (Å²) in [5, 5.41) is 10.3. The SMILES string of the molecule is Cc1cc(C)cc([C@@](C)(O)C(C)C)c1. The summed E-state index contributed by atoms with van der Waals surface area (Å²) in [6.07, 6.45) is 0. The van der Waals surface area contributed by atoms with Gasteiger partial charge in [-0.2, -0.15) is 0 Å². The van der Waals surface area contributed by atoms with E-state index in [-0.39, 0.29) is 5.92 Å². The van der Waals surface area contributed by atoms with Crippen LogP contribution in [0.25, 0.3) is 0 Å². The molecule has 1 N–H and O–H groups in total. The molecule has 1 nitrogen and oxygen atoms in total. The van der Waals surface area contributed by atoms with E-state index in [4.69, 9.17) is 0 Å². The van der Waals surface area contributed by atoms with Crippen molar-refractivity contribution < 1.29 is 5.11 Å². The zero-order valence-electron chi connectivity index (χ0n) is 9.76. The molecule has 1 aromatic rings. The Hall–Kier alpha value is -0.820. The predicted molar refractivity (Wildman–Crippen MR) is 60.3 cm³/mol. The van der Waals surface area contributed by atoms with Crippen molar-refractivity contribution in [3.63, 3.8) is 0 Å². The van der Waals surface area contributed by atoms with Gasteiger partial charge in [0.25, 0.3) is 0 Å². The van der Waals surface area contributed by atoms with Crippen molar-refractivity contribution in [2.24, 2.45) is 5.92 Å². The predicted octanol–water partition coefficient (Wildman–Crippen LogP) is 3.17. The minimum absolute atomic E-state index is 0.226. The van der Waals surface area contributed by atoms with Crippen molar-refractivity contribution in [3.05, 3.63) is 34.9 Å². The Morgan fingerprint density at radius 3 is 1.86 bits per heavy atom. The third kappa shape index (κ3) is 2.16. The van der Waals surface area contributed by atoms with E-state index >= 15 is 0 Å². The van der Waals surface area contributed by atoms with Crippen LogP contribution in [0.1, 0.15) is 37.5 Å². The summed E-state index contributed by atoms with van der Waals surface area (Å²) < 4.78 is 0. The van der Waals surface area contributed by atoms with E-state index < -0.39 is 5.60 Å². The smallest absolute Gasteiger partial charge is 0.0891 e. The number of rotatable bonds is 2. The molecule has 0 aromatic heterocycles. The van der Waals surface area contributed by atoms with E-state index in [9.17, 15) is 5.11 Å². The summed E-state index contributed by atoms with van der Waals surface area (Å²) >= 11 is 0. The minimum Gasteiger partial charge on any atom is -0.385 e. The molecule has 0 fully saturated rings. The summed E-state index contributed by atoms with van der Waals surface area (Å²) in [4.78, 5) is 0. The highest BCUT2D eigenvalue weighted by atomic mass is 16.3. The molecule has 0 aliphatic carbocycles. The monoisotopic (exact) mass is 192 g/mol. The maximum absolute atomic E-state index is 10.3. The zero-order chi connectivity index (χ0) is 10.9. The van der Waals surface area contributed by atoms with Crippen LogP contribution in [-0.4, -0.2) is 5.11 Å². The van der Waals surface area contributed by atoms with Crippen LogP contribution in [-0.2, 0) is 5.60 Å². The molecule has 0 bridgehead atoms. The molecule has 0 spiro atoms. The fraction of sp³-hybridized carbons (Fsp3) is 0.538. The van der Waals surface area contributed by atoms with Crippen LogP contribution in [0.5, 0.6) is 0 Å². The highest BCUT2D eigenvalue weighted by Crippen LogP contribution is 2.29. The maximum Gasteiger partial charge on any atom is 0.0891 e. The van der Waals surface area contributed by atoms with Crippen molar-refractivity contribution in [2.45, 2.75) is 40.2 Å². The van der Waals surface area contributed by atoms with Crippen molar-refractivity contribution in [1.29, 1.82) is 0 Å². The van der Waals surface area contributed by atoms with E-state index in [2.05, 4.69) is 32.0 Å². The van der Waals surface area contributed by atoms with E-state index in [1.807, 2.05) is 20.8 Å². The Labute approximate surface area is 86.8 Å². The van der Waals surface area contributed by atoms with Gasteiger partial charge in [0.05, 0.1) is 5.60 Å². The first-order valence-electron chi connectivity index (χ1n) is 5.15. The van der Waals surface area contributed by atoms with Gasteiger partial charge < -0.3 is 5.11 Å². The summed E-state index contributed by atoms with van der Waals surface area (Å²) in [7, 11) is 0. The highest BCUT2D eigenvalue weighted by Gasteiger charge is 2.27. The van der Waals surface area contributed by atoms with Gasteiger partial charge in [0, 0.05) is 0 Å². The fourth-order valence-corrected chi connectivity index (χ4v) is 1.60. The van der Waals surface area contributed by atoms with Crippen molar-refractivity contribution >= 4 is 0 Å². The van der Waals surface area contributed by atoms with E-state index in [0.717, 1.165) is 5.56 Å². The second kappa shape index (κ2) is 3.74. The molecular formula is C13H20O. The van der Waals surface area contributed by atoms with Gasteiger partial charge in [-0.1, -0.05) is 43.2 Å². The van der Waals surface area contributed by atoms with Crippen molar-refractivity contribution in [2.75, 3.05) is 0 Å². The highest BCUT2D eigenvalue weighted by molar-refractivity contribution is 5.32. The van der Waals surface area contributed by atoms with Gasteiger partial charge in [-0.05, 0) is 32.3 Å². The molecule has 14 heavy (non-hydrogen) atoms. The molecule has 1 aromatic carbocycles. The van der Waals surface area contributed by atoms with E-state index in [1.54, 1.807) is 0 Å². The number of aliphatic hydroxyl groups is 1. The topological polar surface area (TPSA) is 20.2 Å². The molecule has 0 aliphatic heterocycles. The molecule has 1 atom stereocenters.